The van der Waals surface area contributed by atoms with Gasteiger partial charge >= 0.3 is 0 Å². The molecule has 0 unspecified atom stereocenters. The first-order valence-corrected chi connectivity index (χ1v) is 5.79. The molecule has 0 bridgehead atoms. The lowest BCUT2D eigenvalue weighted by atomic mass is 10.2. The predicted molar refractivity (Wildman–Crippen MR) is 65.8 cm³/mol. The zero-order chi connectivity index (χ0) is 10.8. The Labute approximate surface area is 98.1 Å². The van der Waals surface area contributed by atoms with Gasteiger partial charge in [-0.2, -0.15) is 0 Å². The standard InChI is InChI=1S/C12H13BrN2/c1-3-15-8-12(14-9(15)2)10-4-6-11(13)7-5-10/h4-8H,3H2,1-2H3. The van der Waals surface area contributed by atoms with E-state index in [-0.39, 0.29) is 0 Å². The lowest BCUT2D eigenvalue weighted by Crippen LogP contribution is -1.93. The van der Waals surface area contributed by atoms with Gasteiger partial charge < -0.3 is 4.57 Å². The van der Waals surface area contributed by atoms with Crippen molar-refractivity contribution in [3.8, 4) is 11.3 Å². The summed E-state index contributed by atoms with van der Waals surface area (Å²) in [5.41, 5.74) is 2.20. The first kappa shape index (κ1) is 10.4. The second-order valence-corrected chi connectivity index (χ2v) is 4.38. The maximum absolute atomic E-state index is 4.53. The summed E-state index contributed by atoms with van der Waals surface area (Å²) in [5.74, 6) is 1.07. The molecular formula is C12H13BrN2. The van der Waals surface area contributed by atoms with Crippen molar-refractivity contribution in [1.29, 1.82) is 0 Å². The van der Waals surface area contributed by atoms with E-state index in [9.17, 15) is 0 Å². The number of aryl methyl sites for hydroxylation is 2. The molecule has 0 N–H and O–H groups in total. The fraction of sp³-hybridized carbons (Fsp3) is 0.250. The largest absolute Gasteiger partial charge is 0.335 e. The van der Waals surface area contributed by atoms with Gasteiger partial charge in [-0.3, -0.25) is 0 Å². The molecule has 0 spiro atoms. The van der Waals surface area contributed by atoms with Crippen LogP contribution < -0.4 is 0 Å². The Kier molecular flexibility index (Phi) is 2.91. The van der Waals surface area contributed by atoms with Crippen LogP contribution >= 0.6 is 15.9 Å². The molecule has 1 aromatic heterocycles. The number of benzene rings is 1. The van der Waals surface area contributed by atoms with Crippen molar-refractivity contribution in [1.82, 2.24) is 9.55 Å². The Morgan fingerprint density at radius 2 is 1.93 bits per heavy atom. The molecule has 0 saturated carbocycles. The van der Waals surface area contributed by atoms with Crippen molar-refractivity contribution in [3.63, 3.8) is 0 Å². The highest BCUT2D eigenvalue weighted by Crippen LogP contribution is 2.20. The Morgan fingerprint density at radius 3 is 2.47 bits per heavy atom. The van der Waals surface area contributed by atoms with Crippen molar-refractivity contribution in [3.05, 3.63) is 40.8 Å². The molecule has 1 aromatic carbocycles. The minimum absolute atomic E-state index is 0.968. The number of nitrogens with zero attached hydrogens (tertiary/aromatic N) is 2. The highest BCUT2D eigenvalue weighted by atomic mass is 79.9. The van der Waals surface area contributed by atoms with Crippen LogP contribution in [0.25, 0.3) is 11.3 Å². The highest BCUT2D eigenvalue weighted by molar-refractivity contribution is 9.10. The molecule has 15 heavy (non-hydrogen) atoms. The number of imidazole rings is 1. The van der Waals surface area contributed by atoms with E-state index in [0.717, 1.165) is 28.1 Å². The molecule has 0 aliphatic heterocycles. The summed E-state index contributed by atoms with van der Waals surface area (Å²) in [6.45, 7) is 5.13. The van der Waals surface area contributed by atoms with E-state index < -0.39 is 0 Å². The number of halogens is 1. The third-order valence-electron chi connectivity index (χ3n) is 2.46. The normalized spacial score (nSPS) is 10.6. The van der Waals surface area contributed by atoms with Gasteiger partial charge in [0.25, 0.3) is 0 Å². The third-order valence-corrected chi connectivity index (χ3v) is 2.99. The van der Waals surface area contributed by atoms with E-state index in [0.29, 0.717) is 0 Å². The van der Waals surface area contributed by atoms with Crippen LogP contribution in [0, 0.1) is 6.92 Å². The number of aromatic nitrogens is 2. The topological polar surface area (TPSA) is 17.8 Å². The van der Waals surface area contributed by atoms with E-state index in [1.165, 1.54) is 0 Å². The SMILES string of the molecule is CCn1cc(-c2ccc(Br)cc2)nc1C. The van der Waals surface area contributed by atoms with Gasteiger partial charge in [-0.25, -0.2) is 4.98 Å². The fourth-order valence-corrected chi connectivity index (χ4v) is 1.85. The van der Waals surface area contributed by atoms with Crippen LogP contribution in [-0.2, 0) is 6.54 Å². The van der Waals surface area contributed by atoms with Crippen molar-refractivity contribution in [2.45, 2.75) is 20.4 Å². The average Bonchev–Trinajstić information content (AvgIpc) is 2.61. The van der Waals surface area contributed by atoms with Crippen LogP contribution in [0.4, 0.5) is 0 Å². The summed E-state index contributed by atoms with van der Waals surface area (Å²) in [7, 11) is 0. The van der Waals surface area contributed by atoms with Gasteiger partial charge in [-0.1, -0.05) is 28.1 Å². The summed E-state index contributed by atoms with van der Waals surface area (Å²) >= 11 is 3.43. The lowest BCUT2D eigenvalue weighted by Gasteiger charge is -1.96. The number of rotatable bonds is 2. The Bertz CT molecular complexity index is 457. The summed E-state index contributed by atoms with van der Waals surface area (Å²) in [4.78, 5) is 4.53. The molecule has 0 atom stereocenters. The highest BCUT2D eigenvalue weighted by Gasteiger charge is 2.04. The zero-order valence-electron chi connectivity index (χ0n) is 8.87. The molecule has 0 fully saturated rings. The molecule has 2 rings (SSSR count). The maximum atomic E-state index is 4.53. The lowest BCUT2D eigenvalue weighted by molar-refractivity contribution is 0.730. The molecule has 2 aromatic rings. The van der Waals surface area contributed by atoms with Gasteiger partial charge in [-0.05, 0) is 26.0 Å². The molecule has 3 heteroatoms. The van der Waals surface area contributed by atoms with Crippen molar-refractivity contribution >= 4 is 15.9 Å². The van der Waals surface area contributed by atoms with E-state index in [2.05, 4.69) is 50.7 Å². The van der Waals surface area contributed by atoms with Gasteiger partial charge in [0.2, 0.25) is 0 Å². The molecule has 0 saturated heterocycles. The van der Waals surface area contributed by atoms with Gasteiger partial charge in [0.05, 0.1) is 5.69 Å². The van der Waals surface area contributed by atoms with Crippen LogP contribution in [0.3, 0.4) is 0 Å². The van der Waals surface area contributed by atoms with Crippen LogP contribution in [0.15, 0.2) is 34.9 Å². The summed E-state index contributed by atoms with van der Waals surface area (Å²) in [5, 5.41) is 0. The van der Waals surface area contributed by atoms with Crippen LogP contribution in [0.2, 0.25) is 0 Å². The Hall–Kier alpha value is -1.09. The smallest absolute Gasteiger partial charge is 0.106 e. The third kappa shape index (κ3) is 2.12. The molecule has 2 nitrogen and oxygen atoms in total. The minimum atomic E-state index is 0.968. The first-order chi connectivity index (χ1) is 7.20. The Balaban J connectivity index is 2.41. The predicted octanol–water partition coefficient (Wildman–Crippen LogP) is 3.64. The number of hydrogen-bond donors (Lipinski definition) is 0. The van der Waals surface area contributed by atoms with E-state index in [1.54, 1.807) is 0 Å². The molecule has 0 aliphatic carbocycles. The molecule has 0 radical (unpaired) electrons. The fourth-order valence-electron chi connectivity index (χ4n) is 1.59. The van der Waals surface area contributed by atoms with Crippen LogP contribution in [-0.4, -0.2) is 9.55 Å². The number of hydrogen-bond acceptors (Lipinski definition) is 1. The van der Waals surface area contributed by atoms with Gasteiger partial charge in [0.15, 0.2) is 0 Å². The van der Waals surface area contributed by atoms with Crippen LogP contribution in [0.1, 0.15) is 12.7 Å². The van der Waals surface area contributed by atoms with Gasteiger partial charge in [-0.15, -0.1) is 0 Å². The zero-order valence-corrected chi connectivity index (χ0v) is 10.5. The second kappa shape index (κ2) is 4.19. The van der Waals surface area contributed by atoms with Crippen LogP contribution in [0.5, 0.6) is 0 Å². The molecule has 78 valence electrons. The van der Waals surface area contributed by atoms with Gasteiger partial charge in [0.1, 0.15) is 5.82 Å². The van der Waals surface area contributed by atoms with E-state index in [4.69, 9.17) is 0 Å². The van der Waals surface area contributed by atoms with Crippen molar-refractivity contribution < 1.29 is 0 Å². The summed E-state index contributed by atoms with van der Waals surface area (Å²) < 4.78 is 3.25. The minimum Gasteiger partial charge on any atom is -0.335 e. The van der Waals surface area contributed by atoms with Crippen molar-refractivity contribution in [2.75, 3.05) is 0 Å². The summed E-state index contributed by atoms with van der Waals surface area (Å²) in [6, 6.07) is 8.23. The monoisotopic (exact) mass is 264 g/mol. The second-order valence-electron chi connectivity index (χ2n) is 3.47. The molecular weight excluding hydrogens is 252 g/mol. The van der Waals surface area contributed by atoms with Crippen molar-refractivity contribution in [2.24, 2.45) is 0 Å². The molecule has 0 aliphatic rings. The quantitative estimate of drug-likeness (QED) is 0.810. The maximum Gasteiger partial charge on any atom is 0.106 e. The first-order valence-electron chi connectivity index (χ1n) is 5.00. The molecule has 0 amide bonds. The Morgan fingerprint density at radius 1 is 1.27 bits per heavy atom. The summed E-state index contributed by atoms with van der Waals surface area (Å²) in [6.07, 6.45) is 2.10. The molecule has 1 heterocycles. The van der Waals surface area contributed by atoms with E-state index in [1.807, 2.05) is 19.1 Å². The average molecular weight is 265 g/mol. The van der Waals surface area contributed by atoms with Gasteiger partial charge in [0, 0.05) is 22.8 Å². The van der Waals surface area contributed by atoms with E-state index >= 15 is 0 Å².